The predicted molar refractivity (Wildman–Crippen MR) is 77.8 cm³/mol. The van der Waals surface area contributed by atoms with E-state index in [-0.39, 0.29) is 0 Å². The highest BCUT2D eigenvalue weighted by Crippen LogP contribution is 2.23. The molecule has 0 spiro atoms. The Balaban J connectivity index is 2.50. The SMILES string of the molecule is CCCCc1cc2cc(S(=O)(=O)NC)ccc2n1C. The van der Waals surface area contributed by atoms with Crippen molar-refractivity contribution >= 4 is 20.9 Å². The van der Waals surface area contributed by atoms with E-state index in [1.165, 1.54) is 12.7 Å². The lowest BCUT2D eigenvalue weighted by molar-refractivity contribution is 0.588. The van der Waals surface area contributed by atoms with Crippen LogP contribution in [0.1, 0.15) is 25.5 Å². The Labute approximate surface area is 114 Å². The van der Waals surface area contributed by atoms with E-state index in [9.17, 15) is 8.42 Å². The molecule has 0 atom stereocenters. The van der Waals surface area contributed by atoms with E-state index < -0.39 is 10.0 Å². The molecule has 19 heavy (non-hydrogen) atoms. The molecule has 1 N–H and O–H groups in total. The number of rotatable bonds is 5. The van der Waals surface area contributed by atoms with Gasteiger partial charge in [-0.15, -0.1) is 0 Å². The average Bonchev–Trinajstić information content (AvgIpc) is 2.72. The quantitative estimate of drug-likeness (QED) is 0.914. The normalized spacial score (nSPS) is 12.2. The molecule has 0 aliphatic heterocycles. The summed E-state index contributed by atoms with van der Waals surface area (Å²) in [6.07, 6.45) is 3.32. The third-order valence-corrected chi connectivity index (χ3v) is 4.89. The Bertz CT molecular complexity index is 687. The smallest absolute Gasteiger partial charge is 0.240 e. The summed E-state index contributed by atoms with van der Waals surface area (Å²) in [4.78, 5) is 0.315. The molecule has 0 bridgehead atoms. The average molecular weight is 280 g/mol. The Morgan fingerprint density at radius 1 is 1.26 bits per heavy atom. The van der Waals surface area contributed by atoms with Crippen LogP contribution in [-0.2, 0) is 23.5 Å². The summed E-state index contributed by atoms with van der Waals surface area (Å²) >= 11 is 0. The second-order valence-electron chi connectivity index (χ2n) is 4.73. The summed E-state index contributed by atoms with van der Waals surface area (Å²) in [5.41, 5.74) is 2.32. The largest absolute Gasteiger partial charge is 0.348 e. The van der Waals surface area contributed by atoms with Crippen LogP contribution in [0.25, 0.3) is 10.9 Å². The van der Waals surface area contributed by atoms with Gasteiger partial charge in [0.2, 0.25) is 10.0 Å². The zero-order valence-electron chi connectivity index (χ0n) is 11.6. The van der Waals surface area contributed by atoms with Crippen molar-refractivity contribution in [3.63, 3.8) is 0 Å². The van der Waals surface area contributed by atoms with E-state index >= 15 is 0 Å². The summed E-state index contributed by atoms with van der Waals surface area (Å²) in [6, 6.07) is 7.34. The molecule has 104 valence electrons. The number of nitrogens with one attached hydrogen (secondary N) is 1. The number of aryl methyl sites for hydroxylation is 2. The molecular weight excluding hydrogens is 260 g/mol. The first-order chi connectivity index (χ1) is 8.99. The maximum absolute atomic E-state index is 11.8. The molecule has 0 fully saturated rings. The van der Waals surface area contributed by atoms with E-state index in [4.69, 9.17) is 0 Å². The topological polar surface area (TPSA) is 51.1 Å². The highest BCUT2D eigenvalue weighted by Gasteiger charge is 2.13. The minimum Gasteiger partial charge on any atom is -0.348 e. The highest BCUT2D eigenvalue weighted by molar-refractivity contribution is 7.89. The van der Waals surface area contributed by atoms with Crippen molar-refractivity contribution in [1.82, 2.24) is 9.29 Å². The van der Waals surface area contributed by atoms with E-state index in [0.29, 0.717) is 4.90 Å². The van der Waals surface area contributed by atoms with Crippen molar-refractivity contribution < 1.29 is 8.42 Å². The van der Waals surface area contributed by atoms with Crippen molar-refractivity contribution in [2.24, 2.45) is 7.05 Å². The van der Waals surface area contributed by atoms with Crippen LogP contribution in [0, 0.1) is 0 Å². The molecule has 0 unspecified atom stereocenters. The molecule has 1 aromatic heterocycles. The van der Waals surface area contributed by atoms with Gasteiger partial charge in [0.05, 0.1) is 4.90 Å². The third kappa shape index (κ3) is 2.67. The van der Waals surface area contributed by atoms with Gasteiger partial charge in [-0.2, -0.15) is 0 Å². The van der Waals surface area contributed by atoms with Gasteiger partial charge in [-0.3, -0.25) is 0 Å². The number of aromatic nitrogens is 1. The molecule has 0 amide bonds. The number of hydrogen-bond donors (Lipinski definition) is 1. The molecule has 0 aliphatic carbocycles. The Morgan fingerprint density at radius 3 is 2.63 bits per heavy atom. The lowest BCUT2D eigenvalue weighted by Gasteiger charge is -2.04. The molecule has 5 heteroatoms. The number of nitrogens with zero attached hydrogens (tertiary/aromatic N) is 1. The van der Waals surface area contributed by atoms with E-state index in [1.54, 1.807) is 12.1 Å². The summed E-state index contributed by atoms with van der Waals surface area (Å²) in [7, 11) is 0.0857. The van der Waals surface area contributed by atoms with Crippen molar-refractivity contribution in [2.45, 2.75) is 31.1 Å². The lowest BCUT2D eigenvalue weighted by Crippen LogP contribution is -2.18. The van der Waals surface area contributed by atoms with Crippen molar-refractivity contribution in [2.75, 3.05) is 7.05 Å². The maximum Gasteiger partial charge on any atom is 0.240 e. The van der Waals surface area contributed by atoms with Gasteiger partial charge in [-0.05, 0) is 44.2 Å². The zero-order chi connectivity index (χ0) is 14.0. The van der Waals surface area contributed by atoms with Crippen molar-refractivity contribution in [3.05, 3.63) is 30.0 Å². The summed E-state index contributed by atoms with van der Waals surface area (Å²) in [5, 5.41) is 0.977. The second kappa shape index (κ2) is 5.35. The summed E-state index contributed by atoms with van der Waals surface area (Å²) < 4.78 is 28.1. The van der Waals surface area contributed by atoms with Crippen LogP contribution in [0.3, 0.4) is 0 Å². The molecule has 0 saturated heterocycles. The van der Waals surface area contributed by atoms with Gasteiger partial charge in [0.25, 0.3) is 0 Å². The molecule has 1 heterocycles. The summed E-state index contributed by atoms with van der Waals surface area (Å²) in [6.45, 7) is 2.17. The number of benzene rings is 1. The monoisotopic (exact) mass is 280 g/mol. The van der Waals surface area contributed by atoms with Gasteiger partial charge < -0.3 is 4.57 Å². The van der Waals surface area contributed by atoms with Crippen molar-refractivity contribution in [3.8, 4) is 0 Å². The van der Waals surface area contributed by atoms with Gasteiger partial charge in [0, 0.05) is 23.6 Å². The van der Waals surface area contributed by atoms with Crippen LogP contribution in [0.15, 0.2) is 29.2 Å². The van der Waals surface area contributed by atoms with Crippen LogP contribution < -0.4 is 4.72 Å². The highest BCUT2D eigenvalue weighted by atomic mass is 32.2. The van der Waals surface area contributed by atoms with Crippen LogP contribution >= 0.6 is 0 Å². The first-order valence-electron chi connectivity index (χ1n) is 6.51. The number of hydrogen-bond acceptors (Lipinski definition) is 2. The molecule has 1 aromatic carbocycles. The first-order valence-corrected chi connectivity index (χ1v) is 8.00. The van der Waals surface area contributed by atoms with Crippen molar-refractivity contribution in [1.29, 1.82) is 0 Å². The summed E-state index contributed by atoms with van der Waals surface area (Å²) in [5.74, 6) is 0. The fourth-order valence-electron chi connectivity index (χ4n) is 2.27. The van der Waals surface area contributed by atoms with E-state index in [0.717, 1.165) is 30.2 Å². The van der Waals surface area contributed by atoms with Crippen LogP contribution in [0.4, 0.5) is 0 Å². The number of sulfonamides is 1. The van der Waals surface area contributed by atoms with Gasteiger partial charge in [-0.1, -0.05) is 13.3 Å². The van der Waals surface area contributed by atoms with E-state index in [1.807, 2.05) is 13.1 Å². The number of fused-ring (bicyclic) bond motifs is 1. The fourth-order valence-corrected chi connectivity index (χ4v) is 3.03. The van der Waals surface area contributed by atoms with Crippen LogP contribution in [0.5, 0.6) is 0 Å². The van der Waals surface area contributed by atoms with E-state index in [2.05, 4.69) is 22.3 Å². The molecule has 0 aliphatic rings. The third-order valence-electron chi connectivity index (χ3n) is 3.48. The minimum absolute atomic E-state index is 0.315. The van der Waals surface area contributed by atoms with Gasteiger partial charge in [-0.25, -0.2) is 13.1 Å². The lowest BCUT2D eigenvalue weighted by atomic mass is 10.2. The Kier molecular flexibility index (Phi) is 3.96. The van der Waals surface area contributed by atoms with Gasteiger partial charge >= 0.3 is 0 Å². The van der Waals surface area contributed by atoms with Crippen LogP contribution in [0.2, 0.25) is 0 Å². The Hall–Kier alpha value is -1.33. The van der Waals surface area contributed by atoms with Gasteiger partial charge in [0.15, 0.2) is 0 Å². The van der Waals surface area contributed by atoms with Crippen LogP contribution in [-0.4, -0.2) is 20.0 Å². The van der Waals surface area contributed by atoms with Gasteiger partial charge in [0.1, 0.15) is 0 Å². The predicted octanol–water partition coefficient (Wildman–Crippen LogP) is 2.43. The minimum atomic E-state index is -3.37. The maximum atomic E-state index is 11.8. The standard InChI is InChI=1S/C14H20N2O2S/c1-4-5-6-12-9-11-10-13(19(17,18)15-2)7-8-14(11)16(12)3/h7-10,15H,4-6H2,1-3H3. The Morgan fingerprint density at radius 2 is 2.00 bits per heavy atom. The first kappa shape index (κ1) is 14.1. The molecule has 2 rings (SSSR count). The molecule has 0 radical (unpaired) electrons. The molecule has 4 nitrogen and oxygen atoms in total. The molecule has 0 saturated carbocycles. The fraction of sp³-hybridized carbons (Fsp3) is 0.429. The number of unbranched alkanes of at least 4 members (excludes halogenated alkanes) is 1. The second-order valence-corrected chi connectivity index (χ2v) is 6.61. The molecule has 2 aromatic rings. The zero-order valence-corrected chi connectivity index (χ0v) is 12.4. The molecular formula is C14H20N2O2S.